The molecule has 2 aromatic heterocycles. The minimum atomic E-state index is -0.363. The summed E-state index contributed by atoms with van der Waals surface area (Å²) in [6.07, 6.45) is 0. The molecule has 0 atom stereocenters. The Hall–Kier alpha value is -3.12. The van der Waals surface area contributed by atoms with E-state index in [-0.39, 0.29) is 5.63 Å². The summed E-state index contributed by atoms with van der Waals surface area (Å²) in [7, 11) is 1.65. The molecule has 0 unspecified atom stereocenters. The van der Waals surface area contributed by atoms with E-state index in [0.717, 1.165) is 33.0 Å². The number of hydrogen-bond donors (Lipinski definition) is 0. The Kier molecular flexibility index (Phi) is 4.64. The van der Waals surface area contributed by atoms with Gasteiger partial charge in [-0.05, 0) is 36.8 Å². The van der Waals surface area contributed by atoms with Gasteiger partial charge in [-0.15, -0.1) is 11.3 Å². The van der Waals surface area contributed by atoms with Crippen molar-refractivity contribution in [2.45, 2.75) is 13.5 Å². The number of para-hydroxylation sites is 1. The van der Waals surface area contributed by atoms with E-state index in [1.54, 1.807) is 24.5 Å². The molecule has 0 fully saturated rings. The van der Waals surface area contributed by atoms with Gasteiger partial charge in [0.1, 0.15) is 28.7 Å². The van der Waals surface area contributed by atoms with E-state index in [0.29, 0.717) is 17.9 Å². The molecule has 0 bridgehead atoms. The first kappa shape index (κ1) is 17.3. The first-order valence-electron chi connectivity index (χ1n) is 8.39. The third-order valence-electron chi connectivity index (χ3n) is 4.20. The predicted molar refractivity (Wildman–Crippen MR) is 106 cm³/mol. The van der Waals surface area contributed by atoms with Crippen molar-refractivity contribution in [3.8, 4) is 22.1 Å². The molecule has 0 amide bonds. The Bertz CT molecular complexity index is 1160. The molecular weight excluding hydrogens is 362 g/mol. The maximum atomic E-state index is 11.6. The van der Waals surface area contributed by atoms with Gasteiger partial charge in [0, 0.05) is 22.9 Å². The number of ether oxygens (including phenoxy) is 2. The summed E-state index contributed by atoms with van der Waals surface area (Å²) >= 11 is 1.54. The largest absolute Gasteiger partial charge is 0.496 e. The van der Waals surface area contributed by atoms with Crippen molar-refractivity contribution in [3.63, 3.8) is 0 Å². The van der Waals surface area contributed by atoms with Gasteiger partial charge < -0.3 is 13.9 Å². The summed E-state index contributed by atoms with van der Waals surface area (Å²) in [5.74, 6) is 1.42. The second-order valence-electron chi connectivity index (χ2n) is 6.04. The van der Waals surface area contributed by atoms with E-state index in [9.17, 15) is 4.79 Å². The van der Waals surface area contributed by atoms with Gasteiger partial charge in [-0.3, -0.25) is 0 Å². The number of fused-ring (bicyclic) bond motifs is 1. The Labute approximate surface area is 159 Å². The number of hydrogen-bond acceptors (Lipinski definition) is 6. The monoisotopic (exact) mass is 379 g/mol. The van der Waals surface area contributed by atoms with Gasteiger partial charge in [-0.2, -0.15) is 0 Å². The normalized spacial score (nSPS) is 10.9. The van der Waals surface area contributed by atoms with Crippen LogP contribution in [-0.2, 0) is 6.61 Å². The molecule has 136 valence electrons. The highest BCUT2D eigenvalue weighted by atomic mass is 32.1. The number of aryl methyl sites for hydroxylation is 1. The molecule has 0 N–H and O–H groups in total. The standard InChI is InChI=1S/C21H17NO4S/c1-13-9-20(23)26-19-10-15(7-8-16(13)19)25-11-14-12-27-21(22-14)17-5-3-4-6-18(17)24-2/h3-10,12H,11H2,1-2H3. The molecule has 5 nitrogen and oxygen atoms in total. The number of aromatic nitrogens is 1. The van der Waals surface area contributed by atoms with Crippen LogP contribution < -0.4 is 15.1 Å². The summed E-state index contributed by atoms with van der Waals surface area (Å²) in [6, 6.07) is 14.8. The van der Waals surface area contributed by atoms with E-state index in [4.69, 9.17) is 13.9 Å². The first-order chi connectivity index (χ1) is 13.1. The number of nitrogens with zero attached hydrogens (tertiary/aromatic N) is 1. The fraction of sp³-hybridized carbons (Fsp3) is 0.143. The lowest BCUT2D eigenvalue weighted by Crippen LogP contribution is -1.99. The highest BCUT2D eigenvalue weighted by Gasteiger charge is 2.10. The van der Waals surface area contributed by atoms with Crippen LogP contribution in [0.15, 0.2) is 63.1 Å². The van der Waals surface area contributed by atoms with Crippen molar-refractivity contribution < 1.29 is 13.9 Å². The van der Waals surface area contributed by atoms with Crippen molar-refractivity contribution in [3.05, 3.63) is 75.6 Å². The average Bonchev–Trinajstić information content (AvgIpc) is 3.14. The quantitative estimate of drug-likeness (QED) is 0.466. The maximum absolute atomic E-state index is 11.6. The predicted octanol–water partition coefficient (Wildman–Crippen LogP) is 4.81. The minimum Gasteiger partial charge on any atom is -0.496 e. The van der Waals surface area contributed by atoms with Crippen LogP contribution in [0.4, 0.5) is 0 Å². The van der Waals surface area contributed by atoms with Crippen LogP contribution in [0.1, 0.15) is 11.3 Å². The molecule has 0 spiro atoms. The van der Waals surface area contributed by atoms with Gasteiger partial charge in [0.2, 0.25) is 0 Å². The van der Waals surface area contributed by atoms with Crippen LogP contribution in [0, 0.1) is 6.92 Å². The van der Waals surface area contributed by atoms with Crippen LogP contribution in [-0.4, -0.2) is 12.1 Å². The zero-order chi connectivity index (χ0) is 18.8. The fourth-order valence-electron chi connectivity index (χ4n) is 2.87. The number of rotatable bonds is 5. The molecule has 2 heterocycles. The number of thiazole rings is 1. The fourth-order valence-corrected chi connectivity index (χ4v) is 3.70. The molecule has 4 rings (SSSR count). The van der Waals surface area contributed by atoms with E-state index >= 15 is 0 Å². The molecule has 0 saturated heterocycles. The zero-order valence-corrected chi connectivity index (χ0v) is 15.7. The average molecular weight is 379 g/mol. The third-order valence-corrected chi connectivity index (χ3v) is 5.12. The highest BCUT2D eigenvalue weighted by Crippen LogP contribution is 2.32. The minimum absolute atomic E-state index is 0.327. The molecule has 2 aromatic carbocycles. The Morgan fingerprint density at radius 1 is 1.15 bits per heavy atom. The second-order valence-corrected chi connectivity index (χ2v) is 6.90. The van der Waals surface area contributed by atoms with Crippen molar-refractivity contribution in [2.75, 3.05) is 7.11 Å². The van der Waals surface area contributed by atoms with Crippen LogP contribution in [0.25, 0.3) is 21.5 Å². The summed E-state index contributed by atoms with van der Waals surface area (Å²) in [4.78, 5) is 16.2. The highest BCUT2D eigenvalue weighted by molar-refractivity contribution is 7.13. The summed E-state index contributed by atoms with van der Waals surface area (Å²) in [6.45, 7) is 2.21. The molecule has 6 heteroatoms. The molecule has 27 heavy (non-hydrogen) atoms. The lowest BCUT2D eigenvalue weighted by molar-refractivity contribution is 0.302. The second kappa shape index (κ2) is 7.25. The Morgan fingerprint density at radius 2 is 2.00 bits per heavy atom. The van der Waals surface area contributed by atoms with E-state index < -0.39 is 0 Å². The first-order valence-corrected chi connectivity index (χ1v) is 9.27. The molecule has 0 saturated carbocycles. The van der Waals surface area contributed by atoms with Crippen LogP contribution in [0.3, 0.4) is 0 Å². The molecule has 0 aliphatic carbocycles. The lowest BCUT2D eigenvalue weighted by atomic mass is 10.1. The Balaban J connectivity index is 1.53. The third kappa shape index (κ3) is 3.57. The topological polar surface area (TPSA) is 61.6 Å². The van der Waals surface area contributed by atoms with Crippen LogP contribution >= 0.6 is 11.3 Å². The van der Waals surface area contributed by atoms with Gasteiger partial charge >= 0.3 is 5.63 Å². The van der Waals surface area contributed by atoms with Crippen LogP contribution in [0.2, 0.25) is 0 Å². The van der Waals surface area contributed by atoms with E-state index in [1.807, 2.05) is 48.7 Å². The summed E-state index contributed by atoms with van der Waals surface area (Å²) in [5, 5.41) is 3.74. The van der Waals surface area contributed by atoms with Gasteiger partial charge in [-0.25, -0.2) is 9.78 Å². The summed E-state index contributed by atoms with van der Waals surface area (Å²) in [5.41, 5.74) is 2.82. The summed E-state index contributed by atoms with van der Waals surface area (Å²) < 4.78 is 16.5. The van der Waals surface area contributed by atoms with Gasteiger partial charge in [-0.1, -0.05) is 12.1 Å². The number of benzene rings is 2. The van der Waals surface area contributed by atoms with E-state index in [2.05, 4.69) is 4.98 Å². The lowest BCUT2D eigenvalue weighted by Gasteiger charge is -2.06. The molecule has 0 aliphatic rings. The van der Waals surface area contributed by atoms with Crippen LogP contribution in [0.5, 0.6) is 11.5 Å². The van der Waals surface area contributed by atoms with Gasteiger partial charge in [0.25, 0.3) is 0 Å². The zero-order valence-electron chi connectivity index (χ0n) is 14.9. The van der Waals surface area contributed by atoms with Gasteiger partial charge in [0.05, 0.1) is 18.4 Å². The van der Waals surface area contributed by atoms with Crippen molar-refractivity contribution in [1.29, 1.82) is 0 Å². The molecule has 0 aliphatic heterocycles. The van der Waals surface area contributed by atoms with Crippen molar-refractivity contribution >= 4 is 22.3 Å². The number of methoxy groups -OCH3 is 1. The van der Waals surface area contributed by atoms with Crippen molar-refractivity contribution in [2.24, 2.45) is 0 Å². The van der Waals surface area contributed by atoms with E-state index in [1.165, 1.54) is 6.07 Å². The molecular formula is C21H17NO4S. The SMILES string of the molecule is COc1ccccc1-c1nc(COc2ccc3c(C)cc(=O)oc3c2)cs1. The smallest absolute Gasteiger partial charge is 0.336 e. The van der Waals surface area contributed by atoms with Crippen molar-refractivity contribution in [1.82, 2.24) is 4.98 Å². The molecule has 4 aromatic rings. The van der Waals surface area contributed by atoms with Gasteiger partial charge in [0.15, 0.2) is 0 Å². The molecule has 0 radical (unpaired) electrons. The Morgan fingerprint density at radius 3 is 2.85 bits per heavy atom. The maximum Gasteiger partial charge on any atom is 0.336 e.